The number of nitrogens with zero attached hydrogens (tertiary/aromatic N) is 1. The molecule has 1 heterocycles. The maximum absolute atomic E-state index is 13.8. The molecule has 4 aromatic rings. The Morgan fingerprint density at radius 1 is 0.925 bits per heavy atom. The maximum Gasteiger partial charge on any atom is 0.228 e. The highest BCUT2D eigenvalue weighted by Crippen LogP contribution is 2.39. The first-order chi connectivity index (χ1) is 19.5. The summed E-state index contributed by atoms with van der Waals surface area (Å²) in [6.07, 6.45) is 9.38. The topological polar surface area (TPSA) is 54.3 Å². The summed E-state index contributed by atoms with van der Waals surface area (Å²) in [5.74, 6) is 0.172. The lowest BCUT2D eigenvalue weighted by Crippen LogP contribution is -2.37. The molecule has 2 atom stereocenters. The van der Waals surface area contributed by atoms with Crippen LogP contribution in [0.25, 0.3) is 10.9 Å². The van der Waals surface area contributed by atoms with Gasteiger partial charge in [0.05, 0.1) is 18.6 Å². The summed E-state index contributed by atoms with van der Waals surface area (Å²) in [6, 6.07) is 22.9. The van der Waals surface area contributed by atoms with Gasteiger partial charge < -0.3 is 15.0 Å². The molecular weight excluding hydrogens is 492 g/mol. The van der Waals surface area contributed by atoms with Gasteiger partial charge in [0, 0.05) is 23.1 Å². The van der Waals surface area contributed by atoms with Gasteiger partial charge in [-0.05, 0) is 97.7 Å². The molecular formula is C36H42N2O2. The second kappa shape index (κ2) is 11.6. The summed E-state index contributed by atoms with van der Waals surface area (Å²) >= 11 is 0. The molecule has 3 aromatic carbocycles. The second-order valence-electron chi connectivity index (χ2n) is 12.1. The molecule has 208 valence electrons. The van der Waals surface area contributed by atoms with Crippen molar-refractivity contribution in [3.8, 4) is 0 Å². The van der Waals surface area contributed by atoms with Gasteiger partial charge in [-0.25, -0.2) is 0 Å². The van der Waals surface area contributed by atoms with E-state index < -0.39 is 6.04 Å². The van der Waals surface area contributed by atoms with Gasteiger partial charge in [0.1, 0.15) is 0 Å². The van der Waals surface area contributed by atoms with Crippen molar-refractivity contribution in [3.05, 3.63) is 106 Å². The van der Waals surface area contributed by atoms with Crippen molar-refractivity contribution in [2.45, 2.75) is 83.7 Å². The van der Waals surface area contributed by atoms with E-state index in [4.69, 9.17) is 0 Å². The Labute approximate surface area is 238 Å². The van der Waals surface area contributed by atoms with Gasteiger partial charge in [-0.2, -0.15) is 0 Å². The zero-order valence-corrected chi connectivity index (χ0v) is 24.0. The number of hydrogen-bond acceptors (Lipinski definition) is 2. The third-order valence-corrected chi connectivity index (χ3v) is 9.35. The molecule has 0 aliphatic heterocycles. The average molecular weight is 535 g/mol. The van der Waals surface area contributed by atoms with Crippen molar-refractivity contribution in [3.63, 3.8) is 0 Å². The smallest absolute Gasteiger partial charge is 0.228 e. The molecule has 4 heteroatoms. The Morgan fingerprint density at radius 2 is 1.65 bits per heavy atom. The molecule has 2 N–H and O–H groups in total. The van der Waals surface area contributed by atoms with Crippen LogP contribution in [-0.2, 0) is 24.2 Å². The molecule has 2 aliphatic rings. The lowest BCUT2D eigenvalue weighted by molar-refractivity contribution is -0.124. The fourth-order valence-corrected chi connectivity index (χ4v) is 7.46. The summed E-state index contributed by atoms with van der Waals surface area (Å²) in [5.41, 5.74) is 10.4. The predicted molar refractivity (Wildman–Crippen MR) is 163 cm³/mol. The second-order valence-corrected chi connectivity index (χ2v) is 12.1. The van der Waals surface area contributed by atoms with Gasteiger partial charge in [0.25, 0.3) is 0 Å². The third kappa shape index (κ3) is 5.22. The van der Waals surface area contributed by atoms with Crippen LogP contribution in [-0.4, -0.2) is 22.2 Å². The summed E-state index contributed by atoms with van der Waals surface area (Å²) in [4.78, 5) is 13.8. The molecule has 1 fully saturated rings. The van der Waals surface area contributed by atoms with E-state index in [0.29, 0.717) is 5.92 Å². The van der Waals surface area contributed by atoms with E-state index in [1.165, 1.54) is 65.4 Å². The molecule has 40 heavy (non-hydrogen) atoms. The Kier molecular flexibility index (Phi) is 7.80. The Balaban J connectivity index is 1.28. The lowest BCUT2D eigenvalue weighted by atomic mass is 9.83. The van der Waals surface area contributed by atoms with E-state index in [0.717, 1.165) is 36.9 Å². The van der Waals surface area contributed by atoms with Crippen LogP contribution in [0.5, 0.6) is 0 Å². The maximum atomic E-state index is 13.8. The molecule has 0 saturated heterocycles. The standard InChI is InChI=1S/C36H42N2O2/c1-24-20-25(2)34-30-14-8-9-15-32(30)38(33(34)21-24)22-26-16-18-29(19-17-26)35(28-12-6-7-13-28)36(40)37-31(23-39)27-10-4-3-5-11-27/h3-5,10-11,16-21,28,31,35,39H,6-9,12-15,22-23H2,1-2H3,(H,37,40)/t31-,35-/m0/s1. The van der Waals surface area contributed by atoms with Gasteiger partial charge in [-0.3, -0.25) is 4.79 Å². The summed E-state index contributed by atoms with van der Waals surface area (Å²) in [6.45, 7) is 5.21. The van der Waals surface area contributed by atoms with Crippen LogP contribution in [0.1, 0.15) is 89.6 Å². The zero-order chi connectivity index (χ0) is 27.6. The minimum atomic E-state index is -0.392. The normalized spacial score (nSPS) is 17.1. The number of hydrogen-bond donors (Lipinski definition) is 2. The van der Waals surface area contributed by atoms with E-state index in [2.05, 4.69) is 60.1 Å². The monoisotopic (exact) mass is 534 g/mol. The van der Waals surface area contributed by atoms with Crippen molar-refractivity contribution < 1.29 is 9.90 Å². The number of aliphatic hydroxyl groups excluding tert-OH is 1. The number of aliphatic hydroxyl groups is 1. The minimum Gasteiger partial charge on any atom is -0.394 e. The van der Waals surface area contributed by atoms with E-state index in [-0.39, 0.29) is 18.4 Å². The summed E-state index contributed by atoms with van der Waals surface area (Å²) < 4.78 is 2.56. The number of nitrogens with one attached hydrogen (secondary N) is 1. The highest BCUT2D eigenvalue weighted by molar-refractivity contribution is 5.89. The van der Waals surface area contributed by atoms with Crippen molar-refractivity contribution in [1.29, 1.82) is 0 Å². The van der Waals surface area contributed by atoms with Crippen molar-refractivity contribution in [1.82, 2.24) is 9.88 Å². The summed E-state index contributed by atoms with van der Waals surface area (Å²) in [5, 5.41) is 14.7. The molecule has 0 bridgehead atoms. The van der Waals surface area contributed by atoms with Gasteiger partial charge in [-0.15, -0.1) is 0 Å². The molecule has 1 amide bonds. The molecule has 0 radical (unpaired) electrons. The van der Waals surface area contributed by atoms with Gasteiger partial charge in [-0.1, -0.05) is 73.5 Å². The molecule has 4 nitrogen and oxygen atoms in total. The van der Waals surface area contributed by atoms with Crippen molar-refractivity contribution >= 4 is 16.8 Å². The van der Waals surface area contributed by atoms with Crippen LogP contribution in [0.2, 0.25) is 0 Å². The third-order valence-electron chi connectivity index (χ3n) is 9.35. The molecule has 0 unspecified atom stereocenters. The van der Waals surface area contributed by atoms with Crippen molar-refractivity contribution in [2.75, 3.05) is 6.61 Å². The van der Waals surface area contributed by atoms with Crippen LogP contribution in [0.3, 0.4) is 0 Å². The average Bonchev–Trinajstić information content (AvgIpc) is 3.60. The van der Waals surface area contributed by atoms with Gasteiger partial charge >= 0.3 is 0 Å². The highest BCUT2D eigenvalue weighted by atomic mass is 16.3. The van der Waals surface area contributed by atoms with E-state index in [1.54, 1.807) is 5.56 Å². The SMILES string of the molecule is Cc1cc(C)c2c3c(n(Cc4ccc([C@@H](C(=O)N[C@@H](CO)c5ccccc5)C5CCCC5)cc4)c2c1)CCCC3. The number of aromatic nitrogens is 1. The Hall–Kier alpha value is -3.37. The molecule has 0 spiro atoms. The number of fused-ring (bicyclic) bond motifs is 3. The van der Waals surface area contributed by atoms with E-state index >= 15 is 0 Å². The Bertz CT molecular complexity index is 1480. The first kappa shape index (κ1) is 26.8. The van der Waals surface area contributed by atoms with Crippen LogP contribution in [0.15, 0.2) is 66.7 Å². The molecule has 2 aliphatic carbocycles. The summed E-state index contributed by atoms with van der Waals surface area (Å²) in [7, 11) is 0. The van der Waals surface area contributed by atoms with E-state index in [1.807, 2.05) is 30.3 Å². The molecule has 6 rings (SSSR count). The first-order valence-corrected chi connectivity index (χ1v) is 15.2. The number of aryl methyl sites for hydroxylation is 3. The fraction of sp³-hybridized carbons (Fsp3) is 0.417. The largest absolute Gasteiger partial charge is 0.394 e. The van der Waals surface area contributed by atoms with Crippen LogP contribution in [0.4, 0.5) is 0 Å². The Morgan fingerprint density at radius 3 is 2.38 bits per heavy atom. The number of rotatable bonds is 8. The predicted octanol–water partition coefficient (Wildman–Crippen LogP) is 7.31. The fourth-order valence-electron chi connectivity index (χ4n) is 7.46. The quantitative estimate of drug-likeness (QED) is 0.249. The van der Waals surface area contributed by atoms with Crippen molar-refractivity contribution in [2.24, 2.45) is 5.92 Å². The van der Waals surface area contributed by atoms with Crippen LogP contribution < -0.4 is 5.32 Å². The number of benzene rings is 3. The number of amides is 1. The molecule has 1 aromatic heterocycles. The first-order valence-electron chi connectivity index (χ1n) is 15.2. The van der Waals surface area contributed by atoms with Gasteiger partial charge in [0.15, 0.2) is 0 Å². The number of carbonyl (C=O) groups excluding carboxylic acids is 1. The van der Waals surface area contributed by atoms with Crippen LogP contribution >= 0.6 is 0 Å². The lowest BCUT2D eigenvalue weighted by Gasteiger charge is -2.26. The van der Waals surface area contributed by atoms with Crippen LogP contribution in [0, 0.1) is 19.8 Å². The van der Waals surface area contributed by atoms with E-state index in [9.17, 15) is 9.90 Å². The number of carbonyl (C=O) groups is 1. The zero-order valence-electron chi connectivity index (χ0n) is 24.0. The molecule has 1 saturated carbocycles. The van der Waals surface area contributed by atoms with Gasteiger partial charge in [0.2, 0.25) is 5.91 Å². The minimum absolute atomic E-state index is 0.0268. The highest BCUT2D eigenvalue weighted by Gasteiger charge is 2.33.